The molecule has 3 aromatic rings. The molecule has 0 atom stereocenters. The van der Waals surface area contributed by atoms with E-state index < -0.39 is 0 Å². The van der Waals surface area contributed by atoms with Crippen molar-refractivity contribution >= 4 is 0 Å². The smallest absolute Gasteiger partial charge is 0.0851 e. The summed E-state index contributed by atoms with van der Waals surface area (Å²) in [6.07, 6.45) is 5.40. The Morgan fingerprint density at radius 2 is 0.964 bits per heavy atom. The van der Waals surface area contributed by atoms with Gasteiger partial charge < -0.3 is 14.2 Å². The number of ether oxygens (including phenoxy) is 3. The van der Waals surface area contributed by atoms with Gasteiger partial charge in [0.15, 0.2) is 0 Å². The zero-order valence-electron chi connectivity index (χ0n) is 16.6. The second-order valence-corrected chi connectivity index (χ2v) is 6.27. The van der Waals surface area contributed by atoms with Crippen molar-refractivity contribution in [1.29, 1.82) is 0 Å². The summed E-state index contributed by atoms with van der Waals surface area (Å²) in [5.74, 6) is -0.200. The first kappa shape index (κ1) is 20.2. The number of H-pyrrole nitrogens is 3. The number of nitrogens with one attached hydrogen (secondary N) is 3. The van der Waals surface area contributed by atoms with E-state index in [4.69, 9.17) is 14.2 Å². The Kier molecular flexibility index (Phi) is 7.35. The summed E-state index contributed by atoms with van der Waals surface area (Å²) < 4.78 is 16.9. The standard InChI is InChI=1S/C19H28N6O3/c1-4-26-10-13-7-20-23-17(13)16(18-14(8-21-24-18)11-27-5-2)19-15(9-22-25-19)12-28-6-3/h7-9,16H,4-6,10-12H2,1-3H3,(H,20,23)(H,21,24)(H,22,25). The number of aromatic nitrogens is 6. The zero-order valence-corrected chi connectivity index (χ0v) is 16.6. The Balaban J connectivity index is 2.04. The highest BCUT2D eigenvalue weighted by molar-refractivity contribution is 5.42. The lowest BCUT2D eigenvalue weighted by Crippen LogP contribution is -2.13. The predicted molar refractivity (Wildman–Crippen MR) is 103 cm³/mol. The molecule has 0 radical (unpaired) electrons. The molecule has 0 amide bonds. The van der Waals surface area contributed by atoms with Gasteiger partial charge in [-0.15, -0.1) is 0 Å². The van der Waals surface area contributed by atoms with Gasteiger partial charge in [-0.3, -0.25) is 15.3 Å². The van der Waals surface area contributed by atoms with E-state index in [0.29, 0.717) is 39.6 Å². The number of aromatic amines is 3. The maximum atomic E-state index is 5.63. The molecule has 3 rings (SSSR count). The van der Waals surface area contributed by atoms with E-state index in [2.05, 4.69) is 30.6 Å². The first-order valence-corrected chi connectivity index (χ1v) is 9.59. The summed E-state index contributed by atoms with van der Waals surface area (Å²) in [4.78, 5) is 0. The van der Waals surface area contributed by atoms with Crippen LogP contribution in [0.3, 0.4) is 0 Å². The second-order valence-electron chi connectivity index (χ2n) is 6.27. The van der Waals surface area contributed by atoms with Crippen molar-refractivity contribution in [1.82, 2.24) is 30.6 Å². The summed E-state index contributed by atoms with van der Waals surface area (Å²) in [5, 5.41) is 22.2. The van der Waals surface area contributed by atoms with Crippen molar-refractivity contribution in [3.63, 3.8) is 0 Å². The highest BCUT2D eigenvalue weighted by Crippen LogP contribution is 2.34. The van der Waals surface area contributed by atoms with Crippen LogP contribution in [0, 0.1) is 0 Å². The average Bonchev–Trinajstić information content (AvgIpc) is 3.46. The summed E-state index contributed by atoms with van der Waals surface area (Å²) in [6, 6.07) is 0. The highest BCUT2D eigenvalue weighted by Gasteiger charge is 2.29. The molecule has 0 bridgehead atoms. The van der Waals surface area contributed by atoms with Crippen LogP contribution in [0.5, 0.6) is 0 Å². The van der Waals surface area contributed by atoms with Gasteiger partial charge >= 0.3 is 0 Å². The van der Waals surface area contributed by atoms with Crippen molar-refractivity contribution in [2.45, 2.75) is 46.5 Å². The summed E-state index contributed by atoms with van der Waals surface area (Å²) in [5.41, 5.74) is 5.75. The van der Waals surface area contributed by atoms with Crippen molar-refractivity contribution in [3.05, 3.63) is 52.4 Å². The molecule has 0 aliphatic rings. The normalized spacial score (nSPS) is 11.6. The molecule has 0 saturated heterocycles. The fourth-order valence-electron chi connectivity index (χ4n) is 3.13. The fourth-order valence-corrected chi connectivity index (χ4v) is 3.13. The Morgan fingerprint density at radius 3 is 1.25 bits per heavy atom. The minimum Gasteiger partial charge on any atom is -0.377 e. The van der Waals surface area contributed by atoms with E-state index in [0.717, 1.165) is 33.8 Å². The zero-order chi connectivity index (χ0) is 19.8. The lowest BCUT2D eigenvalue weighted by Gasteiger charge is -2.18. The number of hydrogen-bond acceptors (Lipinski definition) is 6. The second kappa shape index (κ2) is 10.2. The lowest BCUT2D eigenvalue weighted by atomic mass is 9.90. The molecular formula is C19H28N6O3. The van der Waals surface area contributed by atoms with E-state index in [9.17, 15) is 0 Å². The van der Waals surface area contributed by atoms with Gasteiger partial charge in [0.25, 0.3) is 0 Å². The van der Waals surface area contributed by atoms with Gasteiger partial charge in [0.1, 0.15) is 0 Å². The monoisotopic (exact) mass is 388 g/mol. The van der Waals surface area contributed by atoms with Gasteiger partial charge in [-0.1, -0.05) is 0 Å². The Bertz CT molecular complexity index is 730. The van der Waals surface area contributed by atoms with Gasteiger partial charge in [0, 0.05) is 36.5 Å². The van der Waals surface area contributed by atoms with Crippen LogP contribution >= 0.6 is 0 Å². The molecule has 0 saturated carbocycles. The third kappa shape index (κ3) is 4.49. The van der Waals surface area contributed by atoms with Gasteiger partial charge in [-0.2, -0.15) is 15.3 Å². The van der Waals surface area contributed by atoms with Crippen molar-refractivity contribution < 1.29 is 14.2 Å². The maximum Gasteiger partial charge on any atom is 0.0851 e. The Morgan fingerprint density at radius 1 is 0.643 bits per heavy atom. The minimum atomic E-state index is -0.200. The molecule has 0 fully saturated rings. The molecule has 0 spiro atoms. The molecule has 0 aliphatic carbocycles. The van der Waals surface area contributed by atoms with Gasteiger partial charge in [-0.25, -0.2) is 0 Å². The number of hydrogen-bond donors (Lipinski definition) is 3. The van der Waals surface area contributed by atoms with Crippen LogP contribution < -0.4 is 0 Å². The maximum absolute atomic E-state index is 5.63. The van der Waals surface area contributed by atoms with Crippen LogP contribution in [0.4, 0.5) is 0 Å². The quantitative estimate of drug-likeness (QED) is 0.439. The molecule has 9 heteroatoms. The van der Waals surface area contributed by atoms with Crippen molar-refractivity contribution in [3.8, 4) is 0 Å². The minimum absolute atomic E-state index is 0.200. The molecule has 3 N–H and O–H groups in total. The first-order chi connectivity index (χ1) is 13.8. The van der Waals surface area contributed by atoms with Crippen molar-refractivity contribution in [2.75, 3.05) is 19.8 Å². The third-order valence-corrected chi connectivity index (χ3v) is 4.51. The first-order valence-electron chi connectivity index (χ1n) is 9.59. The molecule has 9 nitrogen and oxygen atoms in total. The molecule has 28 heavy (non-hydrogen) atoms. The molecule has 3 aromatic heterocycles. The van der Waals surface area contributed by atoms with E-state index >= 15 is 0 Å². The SMILES string of the molecule is CCOCc1cn[nH]c1C(c1[nH]ncc1COCC)c1[nH]ncc1COCC. The van der Waals surface area contributed by atoms with E-state index in [1.54, 1.807) is 18.6 Å². The predicted octanol–water partition coefficient (Wildman–Crippen LogP) is 2.65. The highest BCUT2D eigenvalue weighted by atomic mass is 16.5. The van der Waals surface area contributed by atoms with Crippen LogP contribution in [0.1, 0.15) is 60.5 Å². The lowest BCUT2D eigenvalue weighted by molar-refractivity contribution is 0.132. The molecule has 0 aromatic carbocycles. The van der Waals surface area contributed by atoms with Crippen LogP contribution in [-0.2, 0) is 34.0 Å². The van der Waals surface area contributed by atoms with E-state index in [1.165, 1.54) is 0 Å². The summed E-state index contributed by atoms with van der Waals surface area (Å²) in [7, 11) is 0. The molecule has 0 unspecified atom stereocenters. The van der Waals surface area contributed by atoms with Crippen LogP contribution in [-0.4, -0.2) is 50.4 Å². The summed E-state index contributed by atoms with van der Waals surface area (Å²) in [6.45, 7) is 9.25. The van der Waals surface area contributed by atoms with Crippen molar-refractivity contribution in [2.24, 2.45) is 0 Å². The molecular weight excluding hydrogens is 360 g/mol. The Hall–Kier alpha value is -2.49. The van der Waals surface area contributed by atoms with Gasteiger partial charge in [-0.05, 0) is 20.8 Å². The van der Waals surface area contributed by atoms with E-state index in [1.807, 2.05) is 20.8 Å². The van der Waals surface area contributed by atoms with Crippen LogP contribution in [0.2, 0.25) is 0 Å². The third-order valence-electron chi connectivity index (χ3n) is 4.51. The topological polar surface area (TPSA) is 114 Å². The Labute approximate surface area is 164 Å². The fraction of sp³-hybridized carbons (Fsp3) is 0.526. The largest absolute Gasteiger partial charge is 0.377 e. The van der Waals surface area contributed by atoms with E-state index in [-0.39, 0.29) is 5.92 Å². The molecule has 0 aliphatic heterocycles. The van der Waals surface area contributed by atoms with Crippen LogP contribution in [0.15, 0.2) is 18.6 Å². The molecule has 152 valence electrons. The average molecular weight is 388 g/mol. The number of rotatable bonds is 12. The number of nitrogens with zero attached hydrogens (tertiary/aromatic N) is 3. The summed E-state index contributed by atoms with van der Waals surface area (Å²) >= 11 is 0. The van der Waals surface area contributed by atoms with Gasteiger partial charge in [0.2, 0.25) is 0 Å². The van der Waals surface area contributed by atoms with Crippen LogP contribution in [0.25, 0.3) is 0 Å². The molecule has 3 heterocycles. The van der Waals surface area contributed by atoms with Gasteiger partial charge in [0.05, 0.1) is 61.4 Å².